The Morgan fingerprint density at radius 3 is 1.55 bits per heavy atom. The van der Waals surface area contributed by atoms with Crippen molar-refractivity contribution in [3.8, 4) is 0 Å². The maximum absolute atomic E-state index is 4.68. The molecule has 29 heavy (non-hydrogen) atoms. The Morgan fingerprint density at radius 1 is 0.690 bits per heavy atom. The van der Waals surface area contributed by atoms with E-state index in [0.29, 0.717) is 17.8 Å². The van der Waals surface area contributed by atoms with Gasteiger partial charge in [-0.1, -0.05) is 24.3 Å². The zero-order chi connectivity index (χ0) is 21.0. The van der Waals surface area contributed by atoms with Crippen LogP contribution in [0.25, 0.3) is 0 Å². The van der Waals surface area contributed by atoms with Crippen LogP contribution in [0, 0.1) is 27.7 Å². The molecule has 0 aliphatic carbocycles. The highest BCUT2D eigenvalue weighted by molar-refractivity contribution is 5.64. The number of benzene rings is 2. The minimum Gasteiger partial charge on any atom is -0.341 e. The van der Waals surface area contributed by atoms with Gasteiger partial charge in [-0.15, -0.1) is 0 Å². The van der Waals surface area contributed by atoms with E-state index in [1.54, 1.807) is 0 Å². The van der Waals surface area contributed by atoms with Crippen LogP contribution in [0.15, 0.2) is 36.4 Å². The lowest BCUT2D eigenvalue weighted by molar-refractivity contribution is 0.815. The summed E-state index contributed by atoms with van der Waals surface area (Å²) < 4.78 is 0. The molecule has 0 bridgehead atoms. The molecule has 0 fully saturated rings. The van der Waals surface area contributed by atoms with Gasteiger partial charge in [-0.2, -0.15) is 15.0 Å². The summed E-state index contributed by atoms with van der Waals surface area (Å²) in [6.07, 6.45) is 0. The van der Waals surface area contributed by atoms with Gasteiger partial charge in [-0.3, -0.25) is 0 Å². The molecule has 3 rings (SSSR count). The summed E-state index contributed by atoms with van der Waals surface area (Å²) in [5.41, 5.74) is 6.65. The van der Waals surface area contributed by atoms with Crippen molar-refractivity contribution in [1.82, 2.24) is 15.0 Å². The number of rotatable bonds is 7. The fraction of sp³-hybridized carbons (Fsp3) is 0.348. The molecule has 0 atom stereocenters. The van der Waals surface area contributed by atoms with Gasteiger partial charge in [-0.05, 0) is 75.9 Å². The third-order valence-electron chi connectivity index (χ3n) is 4.95. The number of nitrogens with zero attached hydrogens (tertiary/aromatic N) is 4. The van der Waals surface area contributed by atoms with Crippen molar-refractivity contribution in [3.63, 3.8) is 0 Å². The first-order chi connectivity index (χ1) is 13.9. The largest absolute Gasteiger partial charge is 0.341 e. The van der Waals surface area contributed by atoms with Crippen molar-refractivity contribution in [2.75, 3.05) is 28.6 Å². The fourth-order valence-electron chi connectivity index (χ4n) is 3.11. The van der Waals surface area contributed by atoms with Gasteiger partial charge in [0.15, 0.2) is 0 Å². The summed E-state index contributed by atoms with van der Waals surface area (Å²) in [5, 5.41) is 6.76. The highest BCUT2D eigenvalue weighted by Gasteiger charge is 2.13. The first kappa shape index (κ1) is 20.6. The van der Waals surface area contributed by atoms with E-state index < -0.39 is 0 Å². The van der Waals surface area contributed by atoms with Crippen LogP contribution < -0.4 is 15.5 Å². The van der Waals surface area contributed by atoms with Crippen molar-refractivity contribution in [1.29, 1.82) is 0 Å². The van der Waals surface area contributed by atoms with Crippen molar-refractivity contribution in [3.05, 3.63) is 58.7 Å². The van der Waals surface area contributed by atoms with Gasteiger partial charge in [0.25, 0.3) is 0 Å². The number of hydrogen-bond acceptors (Lipinski definition) is 6. The second-order valence-corrected chi connectivity index (χ2v) is 7.34. The molecular weight excluding hydrogens is 360 g/mol. The van der Waals surface area contributed by atoms with Gasteiger partial charge < -0.3 is 15.5 Å². The third kappa shape index (κ3) is 5.02. The van der Waals surface area contributed by atoms with E-state index in [9.17, 15) is 0 Å². The van der Waals surface area contributed by atoms with E-state index in [0.717, 1.165) is 35.6 Å². The fourth-order valence-corrected chi connectivity index (χ4v) is 3.11. The number of aryl methyl sites for hydroxylation is 4. The highest BCUT2D eigenvalue weighted by Crippen LogP contribution is 2.24. The van der Waals surface area contributed by atoms with Gasteiger partial charge in [-0.25, -0.2) is 0 Å². The summed E-state index contributed by atoms with van der Waals surface area (Å²) in [4.78, 5) is 16.1. The van der Waals surface area contributed by atoms with Gasteiger partial charge in [0.05, 0.1) is 0 Å². The maximum Gasteiger partial charge on any atom is 0.233 e. The zero-order valence-electron chi connectivity index (χ0n) is 18.2. The number of hydrogen-bond donors (Lipinski definition) is 2. The average Bonchev–Trinajstić information content (AvgIpc) is 2.68. The molecule has 1 heterocycles. The molecule has 2 aromatic carbocycles. The van der Waals surface area contributed by atoms with Gasteiger partial charge in [0.2, 0.25) is 17.8 Å². The SMILES string of the molecule is CCN(CC)c1nc(Nc2cc(C)ccc2C)nc(Nc2cc(C)ccc2C)n1. The van der Waals surface area contributed by atoms with E-state index in [-0.39, 0.29) is 0 Å². The quantitative estimate of drug-likeness (QED) is 0.560. The van der Waals surface area contributed by atoms with E-state index >= 15 is 0 Å². The Bertz CT molecular complexity index is 923. The number of anilines is 5. The molecule has 152 valence electrons. The summed E-state index contributed by atoms with van der Waals surface area (Å²) in [7, 11) is 0. The molecule has 0 radical (unpaired) electrons. The highest BCUT2D eigenvalue weighted by atomic mass is 15.3. The third-order valence-corrected chi connectivity index (χ3v) is 4.95. The minimum absolute atomic E-state index is 0.531. The van der Waals surface area contributed by atoms with Crippen LogP contribution in [-0.4, -0.2) is 28.0 Å². The maximum atomic E-state index is 4.68. The normalized spacial score (nSPS) is 10.7. The smallest absolute Gasteiger partial charge is 0.233 e. The molecule has 0 amide bonds. The molecule has 0 spiro atoms. The van der Waals surface area contributed by atoms with Gasteiger partial charge >= 0.3 is 0 Å². The van der Waals surface area contributed by atoms with Gasteiger partial charge in [0.1, 0.15) is 0 Å². The van der Waals surface area contributed by atoms with Crippen LogP contribution in [0.5, 0.6) is 0 Å². The Labute approximate surface area is 173 Å². The standard InChI is InChI=1S/C23H30N6/c1-7-29(8-2)23-27-21(24-19-13-15(3)9-11-17(19)5)26-22(28-23)25-20-14-16(4)10-12-18(20)6/h9-14H,7-8H2,1-6H3,(H2,24,25,26,27,28). The number of nitrogens with one attached hydrogen (secondary N) is 2. The number of aromatic nitrogens is 3. The van der Waals surface area contributed by atoms with Crippen LogP contribution >= 0.6 is 0 Å². The molecule has 6 nitrogen and oxygen atoms in total. The van der Waals surface area contributed by atoms with Crippen LogP contribution in [0.3, 0.4) is 0 Å². The van der Waals surface area contributed by atoms with Crippen molar-refractivity contribution < 1.29 is 0 Å². The molecule has 2 N–H and O–H groups in total. The molecule has 1 aromatic heterocycles. The van der Waals surface area contributed by atoms with Gasteiger partial charge in [0, 0.05) is 24.5 Å². The van der Waals surface area contributed by atoms with Crippen LogP contribution in [0.4, 0.5) is 29.2 Å². The topological polar surface area (TPSA) is 66.0 Å². The molecule has 0 aliphatic rings. The monoisotopic (exact) mass is 390 g/mol. The molecule has 0 aliphatic heterocycles. The molecule has 0 unspecified atom stereocenters. The van der Waals surface area contributed by atoms with Crippen LogP contribution in [0.2, 0.25) is 0 Å². The summed E-state index contributed by atoms with van der Waals surface area (Å²) in [6, 6.07) is 12.6. The minimum atomic E-state index is 0.531. The Morgan fingerprint density at radius 2 is 1.14 bits per heavy atom. The first-order valence-corrected chi connectivity index (χ1v) is 10.1. The Kier molecular flexibility index (Phi) is 6.32. The van der Waals surface area contributed by atoms with Crippen LogP contribution in [-0.2, 0) is 0 Å². The predicted molar refractivity (Wildman–Crippen MR) is 122 cm³/mol. The second kappa shape index (κ2) is 8.90. The lowest BCUT2D eigenvalue weighted by Crippen LogP contribution is -2.25. The molecule has 0 saturated carbocycles. The Hall–Kier alpha value is -3.15. The predicted octanol–water partition coefficient (Wildman–Crippen LogP) is 5.44. The zero-order valence-corrected chi connectivity index (χ0v) is 18.2. The molecular formula is C23H30N6. The Balaban J connectivity index is 2.01. The molecule has 6 heteroatoms. The van der Waals surface area contributed by atoms with Crippen molar-refractivity contribution in [2.24, 2.45) is 0 Å². The summed E-state index contributed by atoms with van der Waals surface area (Å²) >= 11 is 0. The molecule has 0 saturated heterocycles. The lowest BCUT2D eigenvalue weighted by atomic mass is 10.1. The van der Waals surface area contributed by atoms with E-state index in [1.807, 2.05) is 0 Å². The van der Waals surface area contributed by atoms with Crippen molar-refractivity contribution in [2.45, 2.75) is 41.5 Å². The summed E-state index contributed by atoms with van der Waals surface area (Å²) in [5.74, 6) is 1.72. The first-order valence-electron chi connectivity index (χ1n) is 10.1. The summed E-state index contributed by atoms with van der Waals surface area (Å²) in [6.45, 7) is 14.2. The van der Waals surface area contributed by atoms with E-state index in [4.69, 9.17) is 0 Å². The second-order valence-electron chi connectivity index (χ2n) is 7.34. The lowest BCUT2D eigenvalue weighted by Gasteiger charge is -2.20. The van der Waals surface area contributed by atoms with E-state index in [1.165, 1.54) is 11.1 Å². The average molecular weight is 391 g/mol. The molecule has 3 aromatic rings. The van der Waals surface area contributed by atoms with E-state index in [2.05, 4.69) is 108 Å². The van der Waals surface area contributed by atoms with Crippen molar-refractivity contribution >= 4 is 29.2 Å². The van der Waals surface area contributed by atoms with Crippen LogP contribution in [0.1, 0.15) is 36.1 Å².